The third-order valence-corrected chi connectivity index (χ3v) is 3.80. The minimum absolute atomic E-state index is 0.612. The van der Waals surface area contributed by atoms with Crippen LogP contribution in [0.2, 0.25) is 0 Å². The first-order valence-corrected chi connectivity index (χ1v) is 6.41. The van der Waals surface area contributed by atoms with Crippen molar-refractivity contribution in [2.75, 3.05) is 6.54 Å². The average molecular weight is 294 g/mol. The summed E-state index contributed by atoms with van der Waals surface area (Å²) in [6.07, 6.45) is 1.91. The number of benzene rings is 1. The van der Waals surface area contributed by atoms with Gasteiger partial charge in [-0.3, -0.25) is 4.68 Å². The SMILES string of the molecule is Cc1cc(-c2cnn(CCN)c2C)ccc1Br. The molecule has 2 N–H and O–H groups in total. The van der Waals surface area contributed by atoms with Gasteiger partial charge in [0.05, 0.1) is 12.7 Å². The second-order valence-corrected chi connectivity index (χ2v) is 4.97. The number of aryl methyl sites for hydroxylation is 1. The zero-order valence-electron chi connectivity index (χ0n) is 10.1. The fraction of sp³-hybridized carbons (Fsp3) is 0.308. The van der Waals surface area contributed by atoms with Crippen LogP contribution in [0.3, 0.4) is 0 Å². The molecule has 4 heteroatoms. The number of nitrogens with zero attached hydrogens (tertiary/aromatic N) is 2. The van der Waals surface area contributed by atoms with Crippen LogP contribution < -0.4 is 5.73 Å². The third-order valence-electron chi connectivity index (χ3n) is 2.91. The zero-order chi connectivity index (χ0) is 12.4. The lowest BCUT2D eigenvalue weighted by Gasteiger charge is -2.05. The van der Waals surface area contributed by atoms with Crippen molar-refractivity contribution in [3.63, 3.8) is 0 Å². The highest BCUT2D eigenvalue weighted by Gasteiger charge is 2.08. The van der Waals surface area contributed by atoms with E-state index in [1.807, 2.05) is 10.9 Å². The quantitative estimate of drug-likeness (QED) is 0.946. The number of aromatic nitrogens is 2. The summed E-state index contributed by atoms with van der Waals surface area (Å²) in [4.78, 5) is 0. The number of hydrogen-bond donors (Lipinski definition) is 1. The van der Waals surface area contributed by atoms with Crippen molar-refractivity contribution in [1.82, 2.24) is 9.78 Å². The minimum Gasteiger partial charge on any atom is -0.329 e. The van der Waals surface area contributed by atoms with Gasteiger partial charge in [0.1, 0.15) is 0 Å². The lowest BCUT2D eigenvalue weighted by Crippen LogP contribution is -2.12. The maximum Gasteiger partial charge on any atom is 0.0571 e. The second kappa shape index (κ2) is 5.02. The Hall–Kier alpha value is -1.13. The normalized spacial score (nSPS) is 10.8. The molecule has 0 fully saturated rings. The van der Waals surface area contributed by atoms with E-state index in [9.17, 15) is 0 Å². The van der Waals surface area contributed by atoms with Crippen LogP contribution in [0.15, 0.2) is 28.9 Å². The van der Waals surface area contributed by atoms with E-state index in [4.69, 9.17) is 5.73 Å². The largest absolute Gasteiger partial charge is 0.329 e. The molecule has 0 aliphatic carbocycles. The van der Waals surface area contributed by atoms with Crippen molar-refractivity contribution >= 4 is 15.9 Å². The standard InChI is InChI=1S/C13H16BrN3/c1-9-7-11(3-4-13(9)14)12-8-16-17(6-5-15)10(12)2/h3-4,7-8H,5-6,15H2,1-2H3. The van der Waals surface area contributed by atoms with Gasteiger partial charge in [-0.2, -0.15) is 5.10 Å². The summed E-state index contributed by atoms with van der Waals surface area (Å²) >= 11 is 3.51. The van der Waals surface area contributed by atoms with Gasteiger partial charge in [-0.05, 0) is 31.0 Å². The summed E-state index contributed by atoms with van der Waals surface area (Å²) in [6.45, 7) is 5.55. The molecule has 1 aromatic carbocycles. The first-order valence-electron chi connectivity index (χ1n) is 5.62. The van der Waals surface area contributed by atoms with Crippen LogP contribution in [-0.4, -0.2) is 16.3 Å². The van der Waals surface area contributed by atoms with Crippen LogP contribution in [-0.2, 0) is 6.54 Å². The Kier molecular flexibility index (Phi) is 3.64. The van der Waals surface area contributed by atoms with Gasteiger partial charge >= 0.3 is 0 Å². The van der Waals surface area contributed by atoms with Gasteiger partial charge in [-0.15, -0.1) is 0 Å². The van der Waals surface area contributed by atoms with Crippen LogP contribution in [0.4, 0.5) is 0 Å². The maximum absolute atomic E-state index is 5.55. The van der Waals surface area contributed by atoms with Gasteiger partial charge in [0.15, 0.2) is 0 Å². The number of hydrogen-bond acceptors (Lipinski definition) is 2. The monoisotopic (exact) mass is 293 g/mol. The molecule has 0 radical (unpaired) electrons. The minimum atomic E-state index is 0.612. The van der Waals surface area contributed by atoms with E-state index in [0.717, 1.165) is 16.7 Å². The van der Waals surface area contributed by atoms with Crippen LogP contribution >= 0.6 is 15.9 Å². The van der Waals surface area contributed by atoms with Gasteiger partial charge in [-0.1, -0.05) is 28.1 Å². The van der Waals surface area contributed by atoms with E-state index >= 15 is 0 Å². The highest BCUT2D eigenvalue weighted by Crippen LogP contribution is 2.27. The molecule has 0 saturated carbocycles. The van der Waals surface area contributed by atoms with Gasteiger partial charge in [-0.25, -0.2) is 0 Å². The number of halogens is 1. The van der Waals surface area contributed by atoms with Gasteiger partial charge in [0.25, 0.3) is 0 Å². The molecular weight excluding hydrogens is 278 g/mol. The zero-order valence-corrected chi connectivity index (χ0v) is 11.7. The molecule has 3 nitrogen and oxygen atoms in total. The van der Waals surface area contributed by atoms with E-state index in [1.165, 1.54) is 16.7 Å². The Balaban J connectivity index is 2.42. The highest BCUT2D eigenvalue weighted by molar-refractivity contribution is 9.10. The molecular formula is C13H16BrN3. The van der Waals surface area contributed by atoms with Gasteiger partial charge in [0.2, 0.25) is 0 Å². The fourth-order valence-electron chi connectivity index (χ4n) is 1.89. The van der Waals surface area contributed by atoms with Crippen LogP contribution in [0, 0.1) is 13.8 Å². The summed E-state index contributed by atoms with van der Waals surface area (Å²) in [5.41, 5.74) is 10.3. The van der Waals surface area contributed by atoms with Crippen LogP contribution in [0.5, 0.6) is 0 Å². The molecule has 0 unspecified atom stereocenters. The first kappa shape index (κ1) is 12.3. The van der Waals surface area contributed by atoms with Crippen molar-refractivity contribution in [3.8, 4) is 11.1 Å². The predicted octanol–water partition coefficient (Wildman–Crippen LogP) is 2.89. The average Bonchev–Trinajstić information content (AvgIpc) is 2.66. The van der Waals surface area contributed by atoms with E-state index in [1.54, 1.807) is 0 Å². The molecule has 17 heavy (non-hydrogen) atoms. The molecule has 0 spiro atoms. The highest BCUT2D eigenvalue weighted by atomic mass is 79.9. The van der Waals surface area contributed by atoms with E-state index in [0.29, 0.717) is 6.54 Å². The van der Waals surface area contributed by atoms with E-state index in [-0.39, 0.29) is 0 Å². The molecule has 2 rings (SSSR count). The van der Waals surface area contributed by atoms with Gasteiger partial charge in [0, 0.05) is 22.3 Å². The van der Waals surface area contributed by atoms with Crippen molar-refractivity contribution in [1.29, 1.82) is 0 Å². The van der Waals surface area contributed by atoms with Crippen molar-refractivity contribution in [3.05, 3.63) is 40.1 Å². The second-order valence-electron chi connectivity index (χ2n) is 4.12. The molecule has 1 heterocycles. The predicted molar refractivity (Wildman–Crippen MR) is 73.9 cm³/mol. The van der Waals surface area contributed by atoms with Crippen molar-refractivity contribution < 1.29 is 0 Å². The first-order chi connectivity index (χ1) is 8.13. The Bertz CT molecular complexity index is 531. The van der Waals surface area contributed by atoms with Crippen molar-refractivity contribution in [2.24, 2.45) is 5.73 Å². The van der Waals surface area contributed by atoms with E-state index < -0.39 is 0 Å². The Morgan fingerprint density at radius 1 is 1.35 bits per heavy atom. The summed E-state index contributed by atoms with van der Waals surface area (Å²) in [7, 11) is 0. The maximum atomic E-state index is 5.55. The molecule has 0 aliphatic rings. The van der Waals surface area contributed by atoms with Gasteiger partial charge < -0.3 is 5.73 Å². The van der Waals surface area contributed by atoms with E-state index in [2.05, 4.69) is 53.1 Å². The third kappa shape index (κ3) is 2.42. The molecule has 0 amide bonds. The Morgan fingerprint density at radius 3 is 2.76 bits per heavy atom. The molecule has 0 aliphatic heterocycles. The Morgan fingerprint density at radius 2 is 2.12 bits per heavy atom. The topological polar surface area (TPSA) is 43.8 Å². The molecule has 0 atom stereocenters. The van der Waals surface area contributed by atoms with Crippen LogP contribution in [0.25, 0.3) is 11.1 Å². The lowest BCUT2D eigenvalue weighted by atomic mass is 10.0. The lowest BCUT2D eigenvalue weighted by molar-refractivity contribution is 0.608. The molecule has 1 aromatic heterocycles. The van der Waals surface area contributed by atoms with Crippen LogP contribution in [0.1, 0.15) is 11.3 Å². The number of nitrogens with two attached hydrogens (primary N) is 1. The van der Waals surface area contributed by atoms with Crippen molar-refractivity contribution in [2.45, 2.75) is 20.4 Å². The molecule has 0 saturated heterocycles. The molecule has 90 valence electrons. The summed E-state index contributed by atoms with van der Waals surface area (Å²) in [6, 6.07) is 6.35. The molecule has 0 bridgehead atoms. The Labute approximate surface area is 110 Å². The summed E-state index contributed by atoms with van der Waals surface area (Å²) in [5.74, 6) is 0. The smallest absolute Gasteiger partial charge is 0.0571 e. The molecule has 2 aromatic rings. The number of rotatable bonds is 3. The summed E-state index contributed by atoms with van der Waals surface area (Å²) in [5, 5.41) is 4.36. The fourth-order valence-corrected chi connectivity index (χ4v) is 2.14. The summed E-state index contributed by atoms with van der Waals surface area (Å²) < 4.78 is 3.08.